The number of hydrogen-bond acceptors (Lipinski definition) is 5. The predicted octanol–water partition coefficient (Wildman–Crippen LogP) is 1.11. The molecular weight excluding hydrogens is 178 g/mol. The van der Waals surface area contributed by atoms with Gasteiger partial charge in [-0.15, -0.1) is 0 Å². The quantitative estimate of drug-likeness (QED) is 0.281. The number of methoxy groups -OCH3 is 2. The van der Waals surface area contributed by atoms with Crippen molar-refractivity contribution in [1.82, 2.24) is 0 Å². The molecule has 0 saturated carbocycles. The minimum Gasteiger partial charge on any atom is -0.440 e. The van der Waals surface area contributed by atoms with Gasteiger partial charge in [-0.3, -0.25) is 10.1 Å². The van der Waals surface area contributed by atoms with Crippen LogP contribution in [0.15, 0.2) is 12.0 Å². The largest absolute Gasteiger partial charge is 0.440 e. The molecule has 0 fully saturated rings. The van der Waals surface area contributed by atoms with Crippen LogP contribution < -0.4 is 0 Å². The van der Waals surface area contributed by atoms with Crippen molar-refractivity contribution in [2.24, 2.45) is 0 Å². The predicted molar refractivity (Wildman–Crippen MR) is 44.3 cm³/mol. The Hall–Kier alpha value is -1.14. The lowest BCUT2D eigenvalue weighted by atomic mass is 10.6. The van der Waals surface area contributed by atoms with E-state index in [1.165, 1.54) is 28.1 Å². The maximum atomic E-state index is 10.2. The molecule has 0 amide bonds. The van der Waals surface area contributed by atoms with E-state index in [9.17, 15) is 10.1 Å². The van der Waals surface area contributed by atoms with Gasteiger partial charge in [0.1, 0.15) is 0 Å². The van der Waals surface area contributed by atoms with Gasteiger partial charge in [0.2, 0.25) is 0 Å². The Morgan fingerprint density at radius 1 is 1.46 bits per heavy atom. The molecule has 0 rings (SSSR count). The molecule has 0 aliphatic heterocycles. The van der Waals surface area contributed by atoms with E-state index in [-0.39, 0.29) is 5.70 Å². The minimum absolute atomic E-state index is 0.125. The first-order chi connectivity index (χ1) is 5.95. The smallest absolute Gasteiger partial charge is 0.323 e. The van der Waals surface area contributed by atoms with E-state index in [0.29, 0.717) is 0 Å². The van der Waals surface area contributed by atoms with E-state index in [2.05, 4.69) is 0 Å². The molecule has 0 aromatic rings. The van der Waals surface area contributed by atoms with Crippen LogP contribution in [0.3, 0.4) is 0 Å². The van der Waals surface area contributed by atoms with Crippen molar-refractivity contribution >= 4 is 0 Å². The monoisotopic (exact) mass is 191 g/mol. The van der Waals surface area contributed by atoms with Gasteiger partial charge in [-0.2, -0.15) is 0 Å². The third-order valence-corrected chi connectivity index (χ3v) is 1.47. The van der Waals surface area contributed by atoms with Crippen molar-refractivity contribution in [1.29, 1.82) is 0 Å². The van der Waals surface area contributed by atoms with Crippen LogP contribution in [0.5, 0.6) is 0 Å². The highest BCUT2D eigenvalue weighted by atomic mass is 16.9. The second kappa shape index (κ2) is 4.78. The number of rotatable bonds is 5. The Morgan fingerprint density at radius 3 is 2.23 bits per heavy atom. The molecule has 13 heavy (non-hydrogen) atoms. The first-order valence-corrected chi connectivity index (χ1v) is 3.54. The summed E-state index contributed by atoms with van der Waals surface area (Å²) in [6.45, 7) is 2.81. The molecule has 0 heterocycles. The molecule has 0 spiro atoms. The fraction of sp³-hybridized carbons (Fsp3) is 0.714. The van der Waals surface area contributed by atoms with Crippen LogP contribution in [-0.4, -0.2) is 25.1 Å². The number of hydrogen-bond donors (Lipinski definition) is 0. The van der Waals surface area contributed by atoms with Crippen molar-refractivity contribution in [3.8, 4) is 0 Å². The Labute approximate surface area is 76.2 Å². The van der Waals surface area contributed by atoms with Crippen LogP contribution in [0.2, 0.25) is 0 Å². The number of ether oxygens (including phenoxy) is 3. The molecule has 0 bridgehead atoms. The van der Waals surface area contributed by atoms with Gasteiger partial charge in [0, 0.05) is 28.1 Å². The highest BCUT2D eigenvalue weighted by molar-refractivity contribution is 4.79. The first kappa shape index (κ1) is 11.9. The molecule has 0 aliphatic rings. The normalized spacial score (nSPS) is 12.8. The average molecular weight is 191 g/mol. The molecule has 0 atom stereocenters. The van der Waals surface area contributed by atoms with Gasteiger partial charge in [-0.05, 0) is 0 Å². The first-order valence-electron chi connectivity index (χ1n) is 3.54. The van der Waals surface area contributed by atoms with Gasteiger partial charge in [-0.1, -0.05) is 0 Å². The summed E-state index contributed by atoms with van der Waals surface area (Å²) in [4.78, 5) is 9.60. The zero-order valence-corrected chi connectivity index (χ0v) is 8.07. The van der Waals surface area contributed by atoms with Crippen LogP contribution >= 0.6 is 0 Å². The van der Waals surface area contributed by atoms with Crippen LogP contribution in [0.1, 0.15) is 13.8 Å². The number of allylic oxidation sites excluding steroid dienone is 1. The van der Waals surface area contributed by atoms with Crippen LogP contribution in [-0.2, 0) is 14.2 Å². The van der Waals surface area contributed by atoms with Gasteiger partial charge in [0.05, 0.1) is 4.92 Å². The zero-order chi connectivity index (χ0) is 10.5. The lowest BCUT2D eigenvalue weighted by Gasteiger charge is -2.24. The van der Waals surface area contributed by atoms with Crippen molar-refractivity contribution in [3.05, 3.63) is 22.1 Å². The summed E-state index contributed by atoms with van der Waals surface area (Å²) in [6, 6.07) is 0. The molecule has 0 N–H and O–H groups in total. The summed E-state index contributed by atoms with van der Waals surface area (Å²) in [5, 5.41) is 10.2. The van der Waals surface area contributed by atoms with Crippen molar-refractivity contribution in [2.75, 3.05) is 14.2 Å². The van der Waals surface area contributed by atoms with E-state index >= 15 is 0 Å². The molecule has 6 heteroatoms. The topological polar surface area (TPSA) is 70.8 Å². The molecule has 76 valence electrons. The molecule has 0 radical (unpaired) electrons. The Morgan fingerprint density at radius 2 is 1.92 bits per heavy atom. The van der Waals surface area contributed by atoms with Gasteiger partial charge >= 0.3 is 5.97 Å². The average Bonchev–Trinajstić information content (AvgIpc) is 2.13. The van der Waals surface area contributed by atoms with Gasteiger partial charge in [0.25, 0.3) is 5.70 Å². The molecule has 6 nitrogen and oxygen atoms in total. The summed E-state index contributed by atoms with van der Waals surface area (Å²) in [5.41, 5.74) is -0.125. The van der Waals surface area contributed by atoms with Gasteiger partial charge in [0.15, 0.2) is 6.26 Å². The lowest BCUT2D eigenvalue weighted by Crippen LogP contribution is -2.31. The van der Waals surface area contributed by atoms with Crippen LogP contribution in [0, 0.1) is 10.1 Å². The fourth-order valence-electron chi connectivity index (χ4n) is 0.415. The fourth-order valence-corrected chi connectivity index (χ4v) is 0.415. The summed E-state index contributed by atoms with van der Waals surface area (Å²) in [7, 11) is 2.75. The van der Waals surface area contributed by atoms with E-state index in [1.807, 2.05) is 0 Å². The summed E-state index contributed by atoms with van der Waals surface area (Å²) >= 11 is 0. The number of nitrogens with zero attached hydrogens (tertiary/aromatic N) is 1. The summed E-state index contributed by atoms with van der Waals surface area (Å²) < 4.78 is 14.5. The second-order valence-electron chi connectivity index (χ2n) is 2.40. The van der Waals surface area contributed by atoms with Crippen LogP contribution in [0.4, 0.5) is 0 Å². The molecule has 0 aromatic carbocycles. The summed E-state index contributed by atoms with van der Waals surface area (Å²) in [6.07, 6.45) is 0.979. The van der Waals surface area contributed by atoms with E-state index < -0.39 is 10.9 Å². The van der Waals surface area contributed by atoms with E-state index in [4.69, 9.17) is 14.2 Å². The van der Waals surface area contributed by atoms with E-state index in [1.54, 1.807) is 0 Å². The van der Waals surface area contributed by atoms with Gasteiger partial charge < -0.3 is 14.2 Å². The highest BCUT2D eigenvalue weighted by Crippen LogP contribution is 2.13. The molecular formula is C7H13NO5. The zero-order valence-electron chi connectivity index (χ0n) is 8.07. The van der Waals surface area contributed by atoms with Gasteiger partial charge in [-0.25, -0.2) is 0 Å². The highest BCUT2D eigenvalue weighted by Gasteiger charge is 2.24. The van der Waals surface area contributed by atoms with Crippen molar-refractivity contribution in [3.63, 3.8) is 0 Å². The standard InChI is InChI=1S/C7H13NO5/c1-6(8(9)10)5-13-7(2,11-3)12-4/h5H,1-4H3/b6-5+. The SMILES string of the molecule is COC(C)(OC)O/C=C(\C)[N+](=O)[O-]. The second-order valence-corrected chi connectivity index (χ2v) is 2.40. The third-order valence-electron chi connectivity index (χ3n) is 1.47. The lowest BCUT2D eigenvalue weighted by molar-refractivity contribution is -0.429. The molecule has 0 saturated heterocycles. The maximum absolute atomic E-state index is 10.2. The minimum atomic E-state index is -1.28. The maximum Gasteiger partial charge on any atom is 0.323 e. The molecule has 0 aliphatic carbocycles. The van der Waals surface area contributed by atoms with Crippen molar-refractivity contribution < 1.29 is 19.1 Å². The van der Waals surface area contributed by atoms with Crippen LogP contribution in [0.25, 0.3) is 0 Å². The number of nitro groups is 1. The Bertz CT molecular complexity index is 209. The Balaban J connectivity index is 4.28. The van der Waals surface area contributed by atoms with Crippen molar-refractivity contribution in [2.45, 2.75) is 19.8 Å². The summed E-state index contributed by atoms with van der Waals surface area (Å²) in [5.74, 6) is -1.28. The molecule has 0 aromatic heterocycles. The molecule has 0 unspecified atom stereocenters. The van der Waals surface area contributed by atoms with E-state index in [0.717, 1.165) is 6.26 Å². The third kappa shape index (κ3) is 3.86. The Kier molecular flexibility index (Phi) is 4.36.